The van der Waals surface area contributed by atoms with Crippen molar-refractivity contribution in [2.75, 3.05) is 25.5 Å². The van der Waals surface area contributed by atoms with E-state index in [-0.39, 0.29) is 17.7 Å². The zero-order valence-electron chi connectivity index (χ0n) is 15.4. The standard InChI is InChI=1S/C20H22N2O4S/c1-13-7-8-14(20(25)26-2)11-16(13)21-18(23)15-5-3-9-22(12-15)19(24)17-6-4-10-27-17/h4,6-8,10-11,15H,3,5,9,12H2,1-2H3,(H,21,23). The van der Waals surface area contributed by atoms with Gasteiger partial charge >= 0.3 is 5.97 Å². The highest BCUT2D eigenvalue weighted by Gasteiger charge is 2.29. The molecule has 1 saturated heterocycles. The third-order valence-electron chi connectivity index (χ3n) is 4.73. The Balaban J connectivity index is 1.69. The molecule has 142 valence electrons. The lowest BCUT2D eigenvalue weighted by atomic mass is 9.96. The fourth-order valence-electron chi connectivity index (χ4n) is 3.17. The molecule has 0 saturated carbocycles. The number of anilines is 1. The van der Waals surface area contributed by atoms with E-state index in [1.807, 2.05) is 18.4 Å². The van der Waals surface area contributed by atoms with Crippen LogP contribution in [0.15, 0.2) is 35.7 Å². The van der Waals surface area contributed by atoms with Crippen molar-refractivity contribution < 1.29 is 19.1 Å². The Kier molecular flexibility index (Phi) is 5.91. The van der Waals surface area contributed by atoms with Crippen LogP contribution in [-0.4, -0.2) is 42.9 Å². The molecule has 2 amide bonds. The van der Waals surface area contributed by atoms with Gasteiger partial charge < -0.3 is 15.0 Å². The number of thiophene rings is 1. The zero-order chi connectivity index (χ0) is 19.4. The number of piperidine rings is 1. The van der Waals surface area contributed by atoms with Crippen molar-refractivity contribution in [2.45, 2.75) is 19.8 Å². The van der Waals surface area contributed by atoms with Gasteiger partial charge in [0.1, 0.15) is 0 Å². The number of ether oxygens (including phenoxy) is 1. The molecule has 27 heavy (non-hydrogen) atoms. The average Bonchev–Trinajstić information content (AvgIpc) is 3.23. The van der Waals surface area contributed by atoms with E-state index in [0.29, 0.717) is 29.2 Å². The first-order valence-corrected chi connectivity index (χ1v) is 9.70. The van der Waals surface area contributed by atoms with E-state index >= 15 is 0 Å². The zero-order valence-corrected chi connectivity index (χ0v) is 16.2. The summed E-state index contributed by atoms with van der Waals surface area (Å²) >= 11 is 1.41. The van der Waals surface area contributed by atoms with Crippen LogP contribution in [0.5, 0.6) is 0 Å². The van der Waals surface area contributed by atoms with Crippen LogP contribution in [0, 0.1) is 12.8 Å². The summed E-state index contributed by atoms with van der Waals surface area (Å²) < 4.78 is 4.73. The maximum absolute atomic E-state index is 12.8. The molecule has 0 spiro atoms. The first-order chi connectivity index (χ1) is 13.0. The smallest absolute Gasteiger partial charge is 0.337 e. The Labute approximate surface area is 162 Å². The van der Waals surface area contributed by atoms with E-state index in [9.17, 15) is 14.4 Å². The van der Waals surface area contributed by atoms with Gasteiger partial charge in [-0.15, -0.1) is 11.3 Å². The van der Waals surface area contributed by atoms with E-state index in [0.717, 1.165) is 18.4 Å². The monoisotopic (exact) mass is 386 g/mol. The number of benzene rings is 1. The first-order valence-electron chi connectivity index (χ1n) is 8.82. The second kappa shape index (κ2) is 8.35. The lowest BCUT2D eigenvalue weighted by molar-refractivity contribution is -0.121. The van der Waals surface area contributed by atoms with E-state index in [2.05, 4.69) is 5.32 Å². The minimum absolute atomic E-state index is 0.0219. The van der Waals surface area contributed by atoms with Gasteiger partial charge in [-0.25, -0.2) is 4.79 Å². The summed E-state index contributed by atoms with van der Waals surface area (Å²) in [6.45, 7) is 2.93. The Morgan fingerprint density at radius 3 is 2.78 bits per heavy atom. The van der Waals surface area contributed by atoms with Crippen molar-refractivity contribution in [3.8, 4) is 0 Å². The lowest BCUT2D eigenvalue weighted by Gasteiger charge is -2.32. The molecule has 1 fully saturated rings. The van der Waals surface area contributed by atoms with Crippen LogP contribution in [0.1, 0.15) is 38.4 Å². The number of hydrogen-bond acceptors (Lipinski definition) is 5. The van der Waals surface area contributed by atoms with Gasteiger partial charge in [0, 0.05) is 18.8 Å². The van der Waals surface area contributed by atoms with Gasteiger partial charge in [0.05, 0.1) is 23.5 Å². The molecular weight excluding hydrogens is 364 g/mol. The number of nitrogens with zero attached hydrogens (tertiary/aromatic N) is 1. The maximum Gasteiger partial charge on any atom is 0.337 e. The minimum atomic E-state index is -0.448. The van der Waals surface area contributed by atoms with Crippen molar-refractivity contribution in [1.82, 2.24) is 4.90 Å². The summed E-state index contributed by atoms with van der Waals surface area (Å²) in [6.07, 6.45) is 1.52. The number of aryl methyl sites for hydroxylation is 1. The van der Waals surface area contributed by atoms with Crippen molar-refractivity contribution in [1.29, 1.82) is 0 Å². The molecule has 3 rings (SSSR count). The van der Waals surface area contributed by atoms with Crippen LogP contribution in [0.2, 0.25) is 0 Å². The van der Waals surface area contributed by atoms with Crippen molar-refractivity contribution in [3.05, 3.63) is 51.7 Å². The van der Waals surface area contributed by atoms with E-state index in [1.165, 1.54) is 18.4 Å². The number of rotatable bonds is 4. The predicted molar refractivity (Wildman–Crippen MR) is 104 cm³/mol. The molecule has 0 radical (unpaired) electrons. The molecule has 1 aliphatic rings. The van der Waals surface area contributed by atoms with Crippen LogP contribution in [0.3, 0.4) is 0 Å². The average molecular weight is 386 g/mol. The Morgan fingerprint density at radius 1 is 1.26 bits per heavy atom. The van der Waals surface area contributed by atoms with Gasteiger partial charge in [0.15, 0.2) is 0 Å². The molecule has 1 N–H and O–H groups in total. The van der Waals surface area contributed by atoms with E-state index < -0.39 is 5.97 Å². The molecule has 1 aromatic heterocycles. The molecule has 1 aromatic carbocycles. The summed E-state index contributed by atoms with van der Waals surface area (Å²) in [4.78, 5) is 39.5. The second-order valence-corrected chi connectivity index (χ2v) is 7.53. The number of esters is 1. The summed E-state index contributed by atoms with van der Waals surface area (Å²) in [5.74, 6) is -0.880. The van der Waals surface area contributed by atoms with E-state index in [4.69, 9.17) is 4.74 Å². The highest BCUT2D eigenvalue weighted by Crippen LogP contribution is 2.23. The Morgan fingerprint density at radius 2 is 2.07 bits per heavy atom. The molecule has 0 bridgehead atoms. The molecule has 2 aromatic rings. The maximum atomic E-state index is 12.8. The highest BCUT2D eigenvalue weighted by atomic mass is 32.1. The van der Waals surface area contributed by atoms with Crippen LogP contribution in [-0.2, 0) is 9.53 Å². The van der Waals surface area contributed by atoms with Crippen molar-refractivity contribution in [2.24, 2.45) is 5.92 Å². The highest BCUT2D eigenvalue weighted by molar-refractivity contribution is 7.12. The van der Waals surface area contributed by atoms with Crippen LogP contribution in [0.25, 0.3) is 0 Å². The molecule has 6 nitrogen and oxygen atoms in total. The number of nitrogens with one attached hydrogen (secondary N) is 1. The first kappa shape index (κ1) is 19.1. The van der Waals surface area contributed by atoms with Gasteiger partial charge in [0.25, 0.3) is 5.91 Å². The minimum Gasteiger partial charge on any atom is -0.465 e. The SMILES string of the molecule is COC(=O)c1ccc(C)c(NC(=O)C2CCCN(C(=O)c3cccs3)C2)c1. The third-order valence-corrected chi connectivity index (χ3v) is 5.59. The molecule has 1 unspecified atom stereocenters. The molecule has 7 heteroatoms. The summed E-state index contributed by atoms with van der Waals surface area (Å²) in [7, 11) is 1.32. The van der Waals surface area contributed by atoms with Gasteiger partial charge in [-0.3, -0.25) is 9.59 Å². The fourth-order valence-corrected chi connectivity index (χ4v) is 3.86. The third kappa shape index (κ3) is 4.36. The molecule has 1 atom stereocenters. The number of likely N-dealkylation sites (tertiary alicyclic amines) is 1. The number of carbonyl (C=O) groups excluding carboxylic acids is 3. The Bertz CT molecular complexity index is 848. The van der Waals surface area contributed by atoms with Gasteiger partial charge in [-0.2, -0.15) is 0 Å². The van der Waals surface area contributed by atoms with Crippen LogP contribution >= 0.6 is 11.3 Å². The van der Waals surface area contributed by atoms with E-state index in [1.54, 1.807) is 29.2 Å². The van der Waals surface area contributed by atoms with Crippen molar-refractivity contribution >= 4 is 34.8 Å². The fraction of sp³-hybridized carbons (Fsp3) is 0.350. The normalized spacial score (nSPS) is 16.7. The number of amides is 2. The summed E-state index contributed by atoms with van der Waals surface area (Å²) in [5.41, 5.74) is 1.83. The largest absolute Gasteiger partial charge is 0.465 e. The number of methoxy groups -OCH3 is 1. The van der Waals surface area contributed by atoms with Crippen LogP contribution < -0.4 is 5.32 Å². The summed E-state index contributed by atoms with van der Waals surface area (Å²) in [6, 6.07) is 8.71. The van der Waals surface area contributed by atoms with Gasteiger partial charge in [0.2, 0.25) is 5.91 Å². The van der Waals surface area contributed by atoms with Gasteiger partial charge in [-0.05, 0) is 48.9 Å². The number of carbonyl (C=O) groups is 3. The lowest BCUT2D eigenvalue weighted by Crippen LogP contribution is -2.43. The molecule has 2 heterocycles. The summed E-state index contributed by atoms with van der Waals surface area (Å²) in [5, 5.41) is 4.78. The second-order valence-electron chi connectivity index (χ2n) is 6.58. The molecule has 0 aliphatic carbocycles. The topological polar surface area (TPSA) is 75.7 Å². The van der Waals surface area contributed by atoms with Crippen LogP contribution in [0.4, 0.5) is 5.69 Å². The molecule has 1 aliphatic heterocycles. The van der Waals surface area contributed by atoms with Crippen molar-refractivity contribution in [3.63, 3.8) is 0 Å². The predicted octanol–water partition coefficient (Wildman–Crippen LogP) is 3.33. The molecular formula is C20H22N2O4S. The Hall–Kier alpha value is -2.67. The number of hydrogen-bond donors (Lipinski definition) is 1. The quantitative estimate of drug-likeness (QED) is 0.818. The van der Waals surface area contributed by atoms with Gasteiger partial charge in [-0.1, -0.05) is 12.1 Å².